The molecule has 0 bridgehead atoms. The Bertz CT molecular complexity index is 394. The van der Waals surface area contributed by atoms with E-state index in [4.69, 9.17) is 0 Å². The number of nitrogens with one attached hydrogen (secondary N) is 2. The summed E-state index contributed by atoms with van der Waals surface area (Å²) < 4.78 is 0. The number of hydrogen-bond acceptors (Lipinski definition) is 3. The van der Waals surface area contributed by atoms with Crippen molar-refractivity contribution >= 4 is 11.9 Å². The summed E-state index contributed by atoms with van der Waals surface area (Å²) in [5, 5.41) is 6.72. The van der Waals surface area contributed by atoms with Gasteiger partial charge in [-0.25, -0.2) is 0 Å². The van der Waals surface area contributed by atoms with E-state index in [1.54, 1.807) is 0 Å². The van der Waals surface area contributed by atoms with Gasteiger partial charge in [0.05, 0.1) is 0 Å². The summed E-state index contributed by atoms with van der Waals surface area (Å²) in [5.41, 5.74) is 0. The SMILES string of the molecule is CCNC(=NCCCN1CCCC1=O)NCCN(CC)C1CC1. The van der Waals surface area contributed by atoms with Crippen molar-refractivity contribution in [1.29, 1.82) is 0 Å². The van der Waals surface area contributed by atoms with Crippen molar-refractivity contribution in [2.24, 2.45) is 4.99 Å². The van der Waals surface area contributed by atoms with Gasteiger partial charge in [0.25, 0.3) is 0 Å². The van der Waals surface area contributed by atoms with Gasteiger partial charge in [0.2, 0.25) is 5.91 Å². The smallest absolute Gasteiger partial charge is 0.222 e. The van der Waals surface area contributed by atoms with Crippen molar-refractivity contribution in [3.63, 3.8) is 0 Å². The van der Waals surface area contributed by atoms with Gasteiger partial charge in [-0.2, -0.15) is 0 Å². The predicted octanol–water partition coefficient (Wildman–Crippen LogP) is 1.04. The number of carbonyl (C=O) groups is 1. The minimum atomic E-state index is 0.304. The van der Waals surface area contributed by atoms with Gasteiger partial charge in [0, 0.05) is 51.7 Å². The van der Waals surface area contributed by atoms with E-state index in [0.29, 0.717) is 5.91 Å². The average molecular weight is 323 g/mol. The minimum absolute atomic E-state index is 0.304. The molecule has 0 aromatic heterocycles. The fourth-order valence-electron chi connectivity index (χ4n) is 3.09. The molecule has 2 rings (SSSR count). The van der Waals surface area contributed by atoms with Crippen LogP contribution in [-0.4, -0.2) is 73.5 Å². The molecule has 6 nitrogen and oxygen atoms in total. The second kappa shape index (κ2) is 9.75. The summed E-state index contributed by atoms with van der Waals surface area (Å²) in [6, 6.07) is 0.819. The molecule has 1 saturated heterocycles. The molecule has 2 aliphatic rings. The first kappa shape index (κ1) is 18.0. The molecular weight excluding hydrogens is 290 g/mol. The average Bonchev–Trinajstić information content (AvgIpc) is 3.31. The highest BCUT2D eigenvalue weighted by atomic mass is 16.2. The summed E-state index contributed by atoms with van der Waals surface area (Å²) in [6.45, 7) is 10.9. The van der Waals surface area contributed by atoms with E-state index in [0.717, 1.165) is 77.1 Å². The molecule has 6 heteroatoms. The van der Waals surface area contributed by atoms with Crippen molar-refractivity contribution in [3.05, 3.63) is 0 Å². The van der Waals surface area contributed by atoms with Crippen LogP contribution in [0.2, 0.25) is 0 Å². The van der Waals surface area contributed by atoms with E-state index >= 15 is 0 Å². The van der Waals surface area contributed by atoms with Gasteiger partial charge in [0.15, 0.2) is 5.96 Å². The lowest BCUT2D eigenvalue weighted by molar-refractivity contribution is -0.127. The third kappa shape index (κ3) is 6.37. The third-order valence-corrected chi connectivity index (χ3v) is 4.53. The van der Waals surface area contributed by atoms with Gasteiger partial charge in [-0.15, -0.1) is 0 Å². The molecule has 0 radical (unpaired) electrons. The van der Waals surface area contributed by atoms with E-state index in [-0.39, 0.29) is 0 Å². The molecule has 0 atom stereocenters. The molecule has 1 aliphatic heterocycles. The summed E-state index contributed by atoms with van der Waals surface area (Å²) >= 11 is 0. The van der Waals surface area contributed by atoms with E-state index in [9.17, 15) is 4.79 Å². The predicted molar refractivity (Wildman–Crippen MR) is 94.7 cm³/mol. The van der Waals surface area contributed by atoms with Gasteiger partial charge in [-0.1, -0.05) is 6.92 Å². The van der Waals surface area contributed by atoms with E-state index < -0.39 is 0 Å². The minimum Gasteiger partial charge on any atom is -0.357 e. The second-order valence-corrected chi connectivity index (χ2v) is 6.39. The van der Waals surface area contributed by atoms with Crippen LogP contribution in [0.3, 0.4) is 0 Å². The van der Waals surface area contributed by atoms with Crippen LogP contribution in [0.15, 0.2) is 4.99 Å². The monoisotopic (exact) mass is 323 g/mol. The summed E-state index contributed by atoms with van der Waals surface area (Å²) in [4.78, 5) is 20.7. The van der Waals surface area contributed by atoms with Crippen LogP contribution in [0.25, 0.3) is 0 Å². The lowest BCUT2D eigenvalue weighted by Crippen LogP contribution is -2.42. The molecule has 0 spiro atoms. The van der Waals surface area contributed by atoms with Gasteiger partial charge >= 0.3 is 0 Å². The summed E-state index contributed by atoms with van der Waals surface area (Å²) in [6.07, 6.45) is 5.39. The van der Waals surface area contributed by atoms with Gasteiger partial charge < -0.3 is 15.5 Å². The fraction of sp³-hybridized carbons (Fsp3) is 0.882. The first-order valence-corrected chi connectivity index (χ1v) is 9.28. The quantitative estimate of drug-likeness (QED) is 0.358. The molecule has 0 aromatic carbocycles. The Morgan fingerprint density at radius 1 is 1.35 bits per heavy atom. The Balaban J connectivity index is 1.63. The van der Waals surface area contributed by atoms with Crippen molar-refractivity contribution in [2.45, 2.75) is 52.0 Å². The van der Waals surface area contributed by atoms with E-state index in [1.165, 1.54) is 12.8 Å². The highest BCUT2D eigenvalue weighted by Gasteiger charge is 2.27. The number of carbonyl (C=O) groups excluding carboxylic acids is 1. The molecule has 0 aromatic rings. The number of aliphatic imine (C=N–C) groups is 1. The van der Waals surface area contributed by atoms with Crippen molar-refractivity contribution in [1.82, 2.24) is 20.4 Å². The summed E-state index contributed by atoms with van der Waals surface area (Å²) in [5.74, 6) is 1.20. The molecule has 0 unspecified atom stereocenters. The van der Waals surface area contributed by atoms with Gasteiger partial charge in [-0.05, 0) is 39.2 Å². The Kier molecular flexibility index (Phi) is 7.65. The molecule has 1 heterocycles. The number of rotatable bonds is 10. The normalized spacial score (nSPS) is 18.8. The fourth-order valence-corrected chi connectivity index (χ4v) is 3.09. The number of likely N-dealkylation sites (tertiary alicyclic amines) is 1. The van der Waals surface area contributed by atoms with Crippen molar-refractivity contribution in [2.75, 3.05) is 45.8 Å². The maximum absolute atomic E-state index is 11.6. The van der Waals surface area contributed by atoms with Crippen LogP contribution in [0.5, 0.6) is 0 Å². The van der Waals surface area contributed by atoms with Crippen molar-refractivity contribution in [3.8, 4) is 0 Å². The molecule has 2 N–H and O–H groups in total. The third-order valence-electron chi connectivity index (χ3n) is 4.53. The number of likely N-dealkylation sites (N-methyl/N-ethyl adjacent to an activating group) is 1. The van der Waals surface area contributed by atoms with Crippen LogP contribution < -0.4 is 10.6 Å². The first-order chi connectivity index (χ1) is 11.2. The highest BCUT2D eigenvalue weighted by Crippen LogP contribution is 2.25. The Hall–Kier alpha value is -1.30. The first-order valence-electron chi connectivity index (χ1n) is 9.28. The Labute approximate surface area is 140 Å². The molecule has 132 valence electrons. The molecule has 1 amide bonds. The van der Waals surface area contributed by atoms with Crippen LogP contribution >= 0.6 is 0 Å². The van der Waals surface area contributed by atoms with E-state index in [2.05, 4.69) is 34.4 Å². The lowest BCUT2D eigenvalue weighted by Gasteiger charge is -2.20. The number of hydrogen-bond donors (Lipinski definition) is 2. The Morgan fingerprint density at radius 3 is 2.78 bits per heavy atom. The van der Waals surface area contributed by atoms with Crippen LogP contribution in [0, 0.1) is 0 Å². The zero-order chi connectivity index (χ0) is 16.5. The number of nitrogens with zero attached hydrogens (tertiary/aromatic N) is 3. The molecule has 23 heavy (non-hydrogen) atoms. The number of guanidine groups is 1. The molecule has 1 saturated carbocycles. The molecular formula is C17H33N5O. The van der Waals surface area contributed by atoms with Crippen LogP contribution in [0.4, 0.5) is 0 Å². The molecule has 1 aliphatic carbocycles. The number of amides is 1. The largest absolute Gasteiger partial charge is 0.357 e. The standard InChI is InChI=1S/C17H33N5O/c1-3-18-17(20-11-14-21(4-2)15-8-9-15)19-10-6-13-22-12-5-7-16(22)23/h15H,3-14H2,1-2H3,(H2,18,19,20). The van der Waals surface area contributed by atoms with Crippen molar-refractivity contribution < 1.29 is 4.79 Å². The maximum Gasteiger partial charge on any atom is 0.222 e. The van der Waals surface area contributed by atoms with Crippen LogP contribution in [-0.2, 0) is 4.79 Å². The topological polar surface area (TPSA) is 60.0 Å². The van der Waals surface area contributed by atoms with E-state index in [1.807, 2.05) is 4.90 Å². The molecule has 2 fully saturated rings. The zero-order valence-electron chi connectivity index (χ0n) is 14.8. The van der Waals surface area contributed by atoms with Gasteiger partial charge in [0.1, 0.15) is 0 Å². The second-order valence-electron chi connectivity index (χ2n) is 6.39. The zero-order valence-corrected chi connectivity index (χ0v) is 14.8. The van der Waals surface area contributed by atoms with Crippen LogP contribution in [0.1, 0.15) is 46.0 Å². The van der Waals surface area contributed by atoms with Gasteiger partial charge in [-0.3, -0.25) is 14.7 Å². The maximum atomic E-state index is 11.6. The lowest BCUT2D eigenvalue weighted by atomic mass is 10.4. The Morgan fingerprint density at radius 2 is 2.17 bits per heavy atom. The highest BCUT2D eigenvalue weighted by molar-refractivity contribution is 5.79. The summed E-state index contributed by atoms with van der Waals surface area (Å²) in [7, 11) is 0.